The number of anilines is 1. The standard InChI is InChI=1S/C13H17BrClNO/c1-13(2)9-17-7-6-16(13)12-10(8-14)4-3-5-11(12)15/h3-5H,6-9H2,1-2H3. The SMILES string of the molecule is CC1(C)COCCN1c1c(Cl)cccc1CBr. The van der Waals surface area contributed by atoms with Crippen LogP contribution in [0.5, 0.6) is 0 Å². The van der Waals surface area contributed by atoms with Crippen molar-refractivity contribution < 1.29 is 4.74 Å². The van der Waals surface area contributed by atoms with Crippen LogP contribution in [0, 0.1) is 0 Å². The van der Waals surface area contributed by atoms with Crippen molar-refractivity contribution in [1.29, 1.82) is 0 Å². The minimum Gasteiger partial charge on any atom is -0.377 e. The van der Waals surface area contributed by atoms with Gasteiger partial charge >= 0.3 is 0 Å². The first-order valence-electron chi connectivity index (χ1n) is 5.75. The zero-order valence-corrected chi connectivity index (χ0v) is 12.5. The van der Waals surface area contributed by atoms with Crippen LogP contribution < -0.4 is 4.90 Å². The first-order chi connectivity index (χ1) is 8.06. The molecule has 0 aliphatic carbocycles. The van der Waals surface area contributed by atoms with Crippen molar-refractivity contribution >= 4 is 33.2 Å². The Hall–Kier alpha value is -0.250. The van der Waals surface area contributed by atoms with Crippen LogP contribution in [-0.2, 0) is 10.1 Å². The summed E-state index contributed by atoms with van der Waals surface area (Å²) in [7, 11) is 0. The fourth-order valence-corrected chi connectivity index (χ4v) is 2.99. The molecule has 0 bridgehead atoms. The van der Waals surface area contributed by atoms with E-state index in [2.05, 4.69) is 40.7 Å². The number of rotatable bonds is 2. The van der Waals surface area contributed by atoms with Crippen molar-refractivity contribution in [3.05, 3.63) is 28.8 Å². The zero-order valence-electron chi connectivity index (χ0n) is 10.2. The van der Waals surface area contributed by atoms with Gasteiger partial charge < -0.3 is 9.64 Å². The Kier molecular flexibility index (Phi) is 4.01. The van der Waals surface area contributed by atoms with Gasteiger partial charge in [0, 0.05) is 11.9 Å². The van der Waals surface area contributed by atoms with Crippen LogP contribution in [0.25, 0.3) is 0 Å². The second-order valence-electron chi connectivity index (χ2n) is 4.90. The summed E-state index contributed by atoms with van der Waals surface area (Å²) >= 11 is 9.90. The van der Waals surface area contributed by atoms with Crippen molar-refractivity contribution in [1.82, 2.24) is 0 Å². The van der Waals surface area contributed by atoms with Crippen LogP contribution >= 0.6 is 27.5 Å². The lowest BCUT2D eigenvalue weighted by atomic mass is 10.00. The number of alkyl halides is 1. The van der Waals surface area contributed by atoms with Gasteiger partial charge in [-0.1, -0.05) is 39.7 Å². The molecule has 1 aliphatic heterocycles. The maximum atomic E-state index is 6.37. The summed E-state index contributed by atoms with van der Waals surface area (Å²) in [6.45, 7) is 6.76. The Morgan fingerprint density at radius 1 is 1.47 bits per heavy atom. The van der Waals surface area contributed by atoms with E-state index in [1.54, 1.807) is 0 Å². The van der Waals surface area contributed by atoms with Crippen LogP contribution in [0.1, 0.15) is 19.4 Å². The highest BCUT2D eigenvalue weighted by Crippen LogP contribution is 2.36. The van der Waals surface area contributed by atoms with E-state index in [0.29, 0.717) is 0 Å². The molecule has 2 rings (SSSR count). The molecule has 0 unspecified atom stereocenters. The molecule has 1 aromatic rings. The topological polar surface area (TPSA) is 12.5 Å². The van der Waals surface area contributed by atoms with Crippen molar-refractivity contribution in [2.45, 2.75) is 24.7 Å². The molecule has 1 fully saturated rings. The van der Waals surface area contributed by atoms with Gasteiger partial charge in [-0.25, -0.2) is 0 Å². The number of hydrogen-bond acceptors (Lipinski definition) is 2. The second-order valence-corrected chi connectivity index (χ2v) is 5.87. The smallest absolute Gasteiger partial charge is 0.0694 e. The number of halogens is 2. The summed E-state index contributed by atoms with van der Waals surface area (Å²) in [6.07, 6.45) is 0. The van der Waals surface area contributed by atoms with Crippen LogP contribution in [0.15, 0.2) is 18.2 Å². The molecular weight excluding hydrogens is 302 g/mol. The Balaban J connectivity index is 2.44. The molecule has 1 aromatic carbocycles. The molecule has 17 heavy (non-hydrogen) atoms. The highest BCUT2D eigenvalue weighted by Gasteiger charge is 2.32. The van der Waals surface area contributed by atoms with E-state index in [1.807, 2.05) is 12.1 Å². The minimum atomic E-state index is -0.0137. The normalized spacial score (nSPS) is 19.4. The Morgan fingerprint density at radius 3 is 2.88 bits per heavy atom. The summed E-state index contributed by atoms with van der Waals surface area (Å²) in [5.41, 5.74) is 2.35. The van der Waals surface area contributed by atoms with E-state index in [4.69, 9.17) is 16.3 Å². The lowest BCUT2D eigenvalue weighted by Crippen LogP contribution is -2.53. The van der Waals surface area contributed by atoms with Gasteiger partial charge in [-0.2, -0.15) is 0 Å². The summed E-state index contributed by atoms with van der Waals surface area (Å²) < 4.78 is 5.55. The average molecular weight is 319 g/mol. The number of nitrogens with zero attached hydrogens (tertiary/aromatic N) is 1. The van der Waals surface area contributed by atoms with Crippen LogP contribution in [-0.4, -0.2) is 25.3 Å². The number of ether oxygens (including phenoxy) is 1. The molecule has 0 radical (unpaired) electrons. The van der Waals surface area contributed by atoms with Gasteiger partial charge in [0.2, 0.25) is 0 Å². The Labute approximate surface area is 116 Å². The quantitative estimate of drug-likeness (QED) is 0.768. The molecule has 0 amide bonds. The third-order valence-corrected chi connectivity index (χ3v) is 4.04. The van der Waals surface area contributed by atoms with Crippen LogP contribution in [0.2, 0.25) is 5.02 Å². The molecule has 2 nitrogen and oxygen atoms in total. The van der Waals surface area contributed by atoms with Crippen LogP contribution in [0.3, 0.4) is 0 Å². The third-order valence-electron chi connectivity index (χ3n) is 3.13. The summed E-state index contributed by atoms with van der Waals surface area (Å²) in [5.74, 6) is 0. The van der Waals surface area contributed by atoms with Gasteiger partial charge in [-0.3, -0.25) is 0 Å². The van der Waals surface area contributed by atoms with Crippen LogP contribution in [0.4, 0.5) is 5.69 Å². The number of hydrogen-bond donors (Lipinski definition) is 0. The molecule has 0 spiro atoms. The molecule has 0 saturated carbocycles. The zero-order chi connectivity index (χ0) is 12.5. The molecule has 94 valence electrons. The first kappa shape index (κ1) is 13.2. The predicted octanol–water partition coefficient (Wildman–Crippen LogP) is 3.85. The minimum absolute atomic E-state index is 0.0137. The second kappa shape index (κ2) is 5.17. The highest BCUT2D eigenvalue weighted by molar-refractivity contribution is 9.08. The molecule has 1 heterocycles. The lowest BCUT2D eigenvalue weighted by molar-refractivity contribution is 0.0643. The molecule has 1 saturated heterocycles. The van der Waals surface area contributed by atoms with Crippen molar-refractivity contribution in [3.63, 3.8) is 0 Å². The molecule has 0 atom stereocenters. The Morgan fingerprint density at radius 2 is 2.24 bits per heavy atom. The maximum Gasteiger partial charge on any atom is 0.0694 e. The van der Waals surface area contributed by atoms with E-state index in [9.17, 15) is 0 Å². The lowest BCUT2D eigenvalue weighted by Gasteiger charge is -2.44. The largest absolute Gasteiger partial charge is 0.377 e. The molecule has 0 aromatic heterocycles. The highest BCUT2D eigenvalue weighted by atomic mass is 79.9. The van der Waals surface area contributed by atoms with E-state index in [-0.39, 0.29) is 5.54 Å². The van der Waals surface area contributed by atoms with Gasteiger partial charge in [0.25, 0.3) is 0 Å². The third kappa shape index (κ3) is 2.61. The molecule has 4 heteroatoms. The summed E-state index contributed by atoms with van der Waals surface area (Å²) in [6, 6.07) is 6.06. The maximum absolute atomic E-state index is 6.37. The fraction of sp³-hybridized carbons (Fsp3) is 0.538. The monoisotopic (exact) mass is 317 g/mol. The fourth-order valence-electron chi connectivity index (χ4n) is 2.24. The van der Waals surface area contributed by atoms with E-state index in [1.165, 1.54) is 5.56 Å². The first-order valence-corrected chi connectivity index (χ1v) is 7.25. The molecular formula is C13H17BrClNO. The number of para-hydroxylation sites is 1. The van der Waals surface area contributed by atoms with Gasteiger partial charge in [-0.15, -0.1) is 0 Å². The summed E-state index contributed by atoms with van der Waals surface area (Å²) in [5, 5.41) is 1.63. The van der Waals surface area contributed by atoms with Gasteiger partial charge in [0.1, 0.15) is 0 Å². The Bertz CT molecular complexity index is 408. The van der Waals surface area contributed by atoms with E-state index in [0.717, 1.165) is 35.8 Å². The van der Waals surface area contributed by atoms with Gasteiger partial charge in [0.05, 0.1) is 29.5 Å². The van der Waals surface area contributed by atoms with Gasteiger partial charge in [-0.05, 0) is 25.5 Å². The number of benzene rings is 1. The molecule has 1 aliphatic rings. The van der Waals surface area contributed by atoms with E-state index >= 15 is 0 Å². The van der Waals surface area contributed by atoms with Gasteiger partial charge in [0.15, 0.2) is 0 Å². The van der Waals surface area contributed by atoms with Crippen molar-refractivity contribution in [3.8, 4) is 0 Å². The molecule has 0 N–H and O–H groups in total. The van der Waals surface area contributed by atoms with Crippen molar-refractivity contribution in [2.75, 3.05) is 24.7 Å². The summed E-state index contributed by atoms with van der Waals surface area (Å²) in [4.78, 5) is 2.36. The number of morpholine rings is 1. The predicted molar refractivity (Wildman–Crippen MR) is 76.3 cm³/mol. The van der Waals surface area contributed by atoms with Crippen molar-refractivity contribution in [2.24, 2.45) is 0 Å². The van der Waals surface area contributed by atoms with E-state index < -0.39 is 0 Å². The average Bonchev–Trinajstić information content (AvgIpc) is 2.29.